The maximum absolute atomic E-state index is 12.3. The Balaban J connectivity index is 2.48. The molecule has 0 aliphatic rings. The van der Waals surface area contributed by atoms with Crippen molar-refractivity contribution in [2.24, 2.45) is 0 Å². The summed E-state index contributed by atoms with van der Waals surface area (Å²) in [5.74, 6) is 0.0101. The second kappa shape index (κ2) is 8.56. The van der Waals surface area contributed by atoms with Crippen LogP contribution in [-0.2, 0) is 10.3 Å². The molecule has 0 N–H and O–H groups in total. The van der Waals surface area contributed by atoms with E-state index in [2.05, 4.69) is 5.10 Å². The molecule has 2 aromatic rings. The zero-order valence-electron chi connectivity index (χ0n) is 16.3. The Morgan fingerprint density at radius 2 is 2.00 bits per heavy atom. The van der Waals surface area contributed by atoms with Crippen LogP contribution in [0.2, 0.25) is 0 Å². The molecular formula is C19H25N3O4S. The smallest absolute Gasteiger partial charge is 0.312 e. The van der Waals surface area contributed by atoms with Gasteiger partial charge in [0.25, 0.3) is 5.69 Å². The molecule has 1 aromatic carbocycles. The second-order valence-corrected chi connectivity index (χ2v) is 8.26. The predicted molar refractivity (Wildman–Crippen MR) is 104 cm³/mol. The van der Waals surface area contributed by atoms with E-state index in [1.54, 1.807) is 22.9 Å². The van der Waals surface area contributed by atoms with Gasteiger partial charge >= 0.3 is 5.97 Å². The van der Waals surface area contributed by atoms with Gasteiger partial charge in [0.1, 0.15) is 0 Å². The van der Waals surface area contributed by atoms with Crippen LogP contribution in [0.3, 0.4) is 0 Å². The molecule has 0 radical (unpaired) electrons. The molecule has 7 nitrogen and oxygen atoms in total. The number of esters is 1. The van der Waals surface area contributed by atoms with Gasteiger partial charge in [0.2, 0.25) is 5.88 Å². The van der Waals surface area contributed by atoms with E-state index in [1.165, 1.54) is 17.8 Å². The average Bonchev–Trinajstić information content (AvgIpc) is 2.90. The van der Waals surface area contributed by atoms with Gasteiger partial charge in [-0.05, 0) is 40.2 Å². The normalized spacial score (nSPS) is 11.4. The molecule has 0 saturated heterocycles. The first kappa shape index (κ1) is 21.0. The van der Waals surface area contributed by atoms with E-state index in [9.17, 15) is 14.9 Å². The van der Waals surface area contributed by atoms with E-state index in [0.29, 0.717) is 27.8 Å². The number of nitrogens with zero attached hydrogens (tertiary/aromatic N) is 3. The number of hydrogen-bond acceptors (Lipinski definition) is 6. The zero-order valence-corrected chi connectivity index (χ0v) is 17.1. The molecule has 0 atom stereocenters. The molecule has 0 aliphatic carbocycles. The molecule has 0 fully saturated rings. The van der Waals surface area contributed by atoms with Crippen LogP contribution in [0.1, 0.15) is 52.7 Å². The van der Waals surface area contributed by atoms with Gasteiger partial charge in [-0.2, -0.15) is 5.10 Å². The molecule has 146 valence electrons. The summed E-state index contributed by atoms with van der Waals surface area (Å²) in [6.45, 7) is 9.70. The van der Waals surface area contributed by atoms with Crippen molar-refractivity contribution < 1.29 is 14.5 Å². The summed E-state index contributed by atoms with van der Waals surface area (Å²) >= 11 is 1.20. The molecule has 2 rings (SSSR count). The Bertz CT molecular complexity index is 840. The highest BCUT2D eigenvalue weighted by molar-refractivity contribution is 7.99. The van der Waals surface area contributed by atoms with Crippen LogP contribution in [-0.4, -0.2) is 20.7 Å². The summed E-state index contributed by atoms with van der Waals surface area (Å²) in [5, 5.41) is 15.9. The zero-order chi connectivity index (χ0) is 20.2. The Labute approximate surface area is 163 Å². The highest BCUT2D eigenvalue weighted by Gasteiger charge is 2.28. The van der Waals surface area contributed by atoms with E-state index < -0.39 is 10.5 Å². The van der Waals surface area contributed by atoms with E-state index in [1.807, 2.05) is 34.6 Å². The Morgan fingerprint density at radius 1 is 1.33 bits per heavy atom. The van der Waals surface area contributed by atoms with Crippen LogP contribution in [0.15, 0.2) is 34.1 Å². The number of benzene rings is 1. The molecule has 8 heteroatoms. The first-order chi connectivity index (χ1) is 12.6. The van der Waals surface area contributed by atoms with Gasteiger partial charge in [-0.25, -0.2) is 4.68 Å². The Hall–Kier alpha value is -2.35. The van der Waals surface area contributed by atoms with Crippen molar-refractivity contribution in [1.82, 2.24) is 9.78 Å². The number of carbonyl (C=O) groups excluding carboxylic acids is 1. The topological polar surface area (TPSA) is 87.3 Å². The van der Waals surface area contributed by atoms with Crippen LogP contribution < -0.4 is 4.74 Å². The first-order valence-electron chi connectivity index (χ1n) is 8.87. The largest absolute Gasteiger partial charge is 0.406 e. The van der Waals surface area contributed by atoms with Crippen molar-refractivity contribution in [3.63, 3.8) is 0 Å². The first-order valence-corrected chi connectivity index (χ1v) is 9.68. The summed E-state index contributed by atoms with van der Waals surface area (Å²) in [7, 11) is 0. The molecule has 0 spiro atoms. The average molecular weight is 391 g/mol. The minimum atomic E-state index is -0.418. The summed E-state index contributed by atoms with van der Waals surface area (Å²) < 4.78 is 7.34. The van der Waals surface area contributed by atoms with Crippen LogP contribution in [0.4, 0.5) is 5.69 Å². The highest BCUT2D eigenvalue weighted by Crippen LogP contribution is 2.42. The lowest BCUT2D eigenvalue weighted by atomic mass is 10.1. The Morgan fingerprint density at radius 3 is 2.59 bits per heavy atom. The van der Waals surface area contributed by atoms with E-state index >= 15 is 0 Å². The van der Waals surface area contributed by atoms with Crippen molar-refractivity contribution in [3.05, 3.63) is 40.1 Å². The molecule has 0 saturated carbocycles. The molecular weight excluding hydrogens is 366 g/mol. The van der Waals surface area contributed by atoms with Crippen molar-refractivity contribution in [1.29, 1.82) is 0 Å². The van der Waals surface area contributed by atoms with Gasteiger partial charge in [-0.15, -0.1) is 0 Å². The fourth-order valence-corrected chi connectivity index (χ4v) is 3.46. The quantitative estimate of drug-likeness (QED) is 0.371. The molecule has 0 amide bonds. The third-order valence-electron chi connectivity index (χ3n) is 3.82. The van der Waals surface area contributed by atoms with E-state index in [0.717, 1.165) is 12.8 Å². The van der Waals surface area contributed by atoms with E-state index in [-0.39, 0.29) is 11.7 Å². The minimum Gasteiger partial charge on any atom is -0.406 e. The number of aromatic nitrogens is 2. The Kier molecular flexibility index (Phi) is 6.64. The second-order valence-electron chi connectivity index (χ2n) is 7.21. The summed E-state index contributed by atoms with van der Waals surface area (Å²) in [4.78, 5) is 24.3. The summed E-state index contributed by atoms with van der Waals surface area (Å²) in [6, 6.07) is 6.50. The summed E-state index contributed by atoms with van der Waals surface area (Å²) in [5.41, 5.74) is 0.257. The predicted octanol–water partition coefficient (Wildman–Crippen LogP) is 5.10. The number of hydrogen-bond donors (Lipinski definition) is 0. The highest BCUT2D eigenvalue weighted by atomic mass is 32.2. The van der Waals surface area contributed by atoms with Gasteiger partial charge in [-0.1, -0.05) is 37.2 Å². The molecule has 0 aliphatic heterocycles. The van der Waals surface area contributed by atoms with Crippen LogP contribution in [0.25, 0.3) is 0 Å². The lowest BCUT2D eigenvalue weighted by Crippen LogP contribution is -2.25. The lowest BCUT2D eigenvalue weighted by Gasteiger charge is -2.22. The van der Waals surface area contributed by atoms with Crippen LogP contribution in [0, 0.1) is 17.0 Å². The fraction of sp³-hybridized carbons (Fsp3) is 0.474. The number of aryl methyl sites for hydroxylation is 1. The number of ether oxygens (including phenoxy) is 1. The monoisotopic (exact) mass is 391 g/mol. The van der Waals surface area contributed by atoms with Crippen LogP contribution >= 0.6 is 11.8 Å². The SMILES string of the molecule is CCCCC(=O)Oc1c(Sc2ccccc2[N+](=O)[O-])c(C)nn1C(C)(C)C. The standard InChI is InChI=1S/C19H25N3O4S/c1-6-7-12-16(23)26-18-17(13(2)20-21(18)19(3,4)5)27-15-11-9-8-10-14(15)22(24)25/h8-11H,6-7,12H2,1-5H3. The molecule has 27 heavy (non-hydrogen) atoms. The number of rotatable bonds is 7. The number of para-hydroxylation sites is 1. The van der Waals surface area contributed by atoms with Gasteiger partial charge in [0, 0.05) is 12.5 Å². The number of unbranched alkanes of at least 4 members (excludes halogenated alkanes) is 1. The lowest BCUT2D eigenvalue weighted by molar-refractivity contribution is -0.387. The van der Waals surface area contributed by atoms with Gasteiger partial charge in [0.05, 0.1) is 25.9 Å². The molecule has 0 bridgehead atoms. The third kappa shape index (κ3) is 5.09. The van der Waals surface area contributed by atoms with Crippen molar-refractivity contribution in [2.75, 3.05) is 0 Å². The van der Waals surface area contributed by atoms with Gasteiger partial charge in [0.15, 0.2) is 0 Å². The molecule has 1 heterocycles. The van der Waals surface area contributed by atoms with Gasteiger partial charge < -0.3 is 4.74 Å². The van der Waals surface area contributed by atoms with Crippen LogP contribution in [0.5, 0.6) is 5.88 Å². The summed E-state index contributed by atoms with van der Waals surface area (Å²) in [6.07, 6.45) is 1.96. The minimum absolute atomic E-state index is 0.00803. The molecule has 0 unspecified atom stereocenters. The van der Waals surface area contributed by atoms with Gasteiger partial charge in [-0.3, -0.25) is 14.9 Å². The van der Waals surface area contributed by atoms with Crippen molar-refractivity contribution in [3.8, 4) is 5.88 Å². The number of nitro groups is 1. The fourth-order valence-electron chi connectivity index (χ4n) is 2.44. The van der Waals surface area contributed by atoms with Crippen molar-refractivity contribution >= 4 is 23.4 Å². The van der Waals surface area contributed by atoms with Crippen molar-refractivity contribution in [2.45, 2.75) is 69.2 Å². The number of carbonyl (C=O) groups is 1. The van der Waals surface area contributed by atoms with E-state index in [4.69, 9.17) is 4.74 Å². The maximum Gasteiger partial charge on any atom is 0.312 e. The molecule has 1 aromatic heterocycles. The number of nitro benzene ring substituents is 1. The third-order valence-corrected chi connectivity index (χ3v) is 5.06. The maximum atomic E-state index is 12.3.